The van der Waals surface area contributed by atoms with Gasteiger partial charge < -0.3 is 38.6 Å². The minimum atomic E-state index is -0.430. The van der Waals surface area contributed by atoms with Crippen molar-refractivity contribution in [3.8, 4) is 46.0 Å². The number of benzene rings is 6. The molecule has 0 aromatic heterocycles. The zero-order chi connectivity index (χ0) is 41.1. The van der Waals surface area contributed by atoms with E-state index in [0.717, 1.165) is 11.1 Å². The Labute approximate surface area is 332 Å². The molecule has 12 heteroatoms. The van der Waals surface area contributed by atoms with E-state index < -0.39 is 11.6 Å². The average Bonchev–Trinajstić information content (AvgIpc) is 3.26. The summed E-state index contributed by atoms with van der Waals surface area (Å²) < 4.78 is 32.8. The molecule has 0 spiro atoms. The second kappa shape index (κ2) is 16.2. The van der Waals surface area contributed by atoms with E-state index in [1.807, 2.05) is 60.7 Å². The number of hydrogen-bond acceptors (Lipinski definition) is 12. The highest BCUT2D eigenvalue weighted by atomic mass is 16.5. The molecule has 8 rings (SSSR count). The molecule has 0 unspecified atom stereocenters. The van der Waals surface area contributed by atoms with Gasteiger partial charge in [-0.25, -0.2) is 0 Å². The minimum Gasteiger partial charge on any atom is -0.504 e. The van der Waals surface area contributed by atoms with E-state index >= 15 is 0 Å². The van der Waals surface area contributed by atoms with Crippen LogP contribution in [0, 0.1) is 0 Å². The number of fused-ring (bicyclic) bond motifs is 4. The first kappa shape index (κ1) is 38.7. The summed E-state index contributed by atoms with van der Waals surface area (Å²) in [6.07, 6.45) is 0. The van der Waals surface area contributed by atoms with Gasteiger partial charge in [-0.1, -0.05) is 60.7 Å². The van der Waals surface area contributed by atoms with Crippen molar-refractivity contribution in [1.29, 1.82) is 0 Å². The van der Waals surface area contributed by atoms with Gasteiger partial charge in [-0.2, -0.15) is 0 Å². The van der Waals surface area contributed by atoms with Gasteiger partial charge in [0.1, 0.15) is 13.2 Å². The molecule has 6 aromatic rings. The lowest BCUT2D eigenvalue weighted by molar-refractivity contribution is 0.0977. The molecule has 0 bridgehead atoms. The number of hydrogen-bond donors (Lipinski definition) is 2. The Balaban J connectivity index is 0.000000199. The Morgan fingerprint density at radius 2 is 0.621 bits per heavy atom. The number of phenolic OH excluding ortho intramolecular Hbond substituents is 2. The summed E-state index contributed by atoms with van der Waals surface area (Å²) in [6.45, 7) is 0.593. The third-order valence-corrected chi connectivity index (χ3v) is 9.68. The molecule has 0 heterocycles. The summed E-state index contributed by atoms with van der Waals surface area (Å²) >= 11 is 0. The summed E-state index contributed by atoms with van der Waals surface area (Å²) in [6, 6.07) is 30.6. The first-order chi connectivity index (χ1) is 28.1. The quantitative estimate of drug-likeness (QED) is 0.140. The second-order valence-corrected chi connectivity index (χ2v) is 13.1. The smallest absolute Gasteiger partial charge is 0.194 e. The van der Waals surface area contributed by atoms with Crippen molar-refractivity contribution in [3.63, 3.8) is 0 Å². The van der Waals surface area contributed by atoms with Gasteiger partial charge in [0.15, 0.2) is 69.1 Å². The van der Waals surface area contributed by atoms with E-state index in [0.29, 0.717) is 36.2 Å². The molecule has 0 saturated carbocycles. The zero-order valence-electron chi connectivity index (χ0n) is 31.8. The molecular weight excluding hydrogens is 744 g/mol. The van der Waals surface area contributed by atoms with Crippen molar-refractivity contribution in [1.82, 2.24) is 0 Å². The summed E-state index contributed by atoms with van der Waals surface area (Å²) in [5.41, 5.74) is 3.40. The van der Waals surface area contributed by atoms with Crippen molar-refractivity contribution in [2.45, 2.75) is 13.2 Å². The lowest BCUT2D eigenvalue weighted by Gasteiger charge is -2.22. The molecule has 6 aromatic carbocycles. The van der Waals surface area contributed by atoms with Crippen LogP contribution in [-0.4, -0.2) is 61.8 Å². The monoisotopic (exact) mass is 780 g/mol. The van der Waals surface area contributed by atoms with Crippen LogP contribution in [0.1, 0.15) is 74.8 Å². The molecule has 0 saturated heterocycles. The Bertz CT molecular complexity index is 2420. The number of phenols is 2. The van der Waals surface area contributed by atoms with Gasteiger partial charge >= 0.3 is 0 Å². The molecule has 0 fully saturated rings. The number of aromatic hydroxyl groups is 2. The average molecular weight is 781 g/mol. The highest BCUT2D eigenvalue weighted by Gasteiger charge is 2.34. The van der Waals surface area contributed by atoms with Crippen LogP contribution in [0.4, 0.5) is 0 Å². The van der Waals surface area contributed by atoms with Crippen LogP contribution in [-0.2, 0) is 13.2 Å². The van der Waals surface area contributed by atoms with Crippen LogP contribution in [0.15, 0.2) is 109 Å². The number of ether oxygens (including phenoxy) is 6. The van der Waals surface area contributed by atoms with E-state index in [4.69, 9.17) is 28.4 Å². The van der Waals surface area contributed by atoms with E-state index in [1.54, 1.807) is 24.3 Å². The fraction of sp³-hybridized carbons (Fsp3) is 0.130. The molecule has 0 amide bonds. The van der Waals surface area contributed by atoms with Crippen LogP contribution >= 0.6 is 0 Å². The van der Waals surface area contributed by atoms with Crippen LogP contribution < -0.4 is 28.4 Å². The highest BCUT2D eigenvalue weighted by Crippen LogP contribution is 2.41. The Morgan fingerprint density at radius 3 is 0.914 bits per heavy atom. The lowest BCUT2D eigenvalue weighted by atomic mass is 9.83. The summed E-state index contributed by atoms with van der Waals surface area (Å²) in [5.74, 6) is -0.165. The molecule has 0 radical (unpaired) electrons. The van der Waals surface area contributed by atoms with Gasteiger partial charge in [0.25, 0.3) is 0 Å². The van der Waals surface area contributed by atoms with Crippen LogP contribution in [0.2, 0.25) is 0 Å². The van der Waals surface area contributed by atoms with Crippen molar-refractivity contribution in [3.05, 3.63) is 165 Å². The zero-order valence-corrected chi connectivity index (χ0v) is 31.8. The molecule has 12 nitrogen and oxygen atoms in total. The van der Waals surface area contributed by atoms with Gasteiger partial charge in [-0.05, 0) is 59.7 Å². The Kier molecular flexibility index (Phi) is 10.8. The minimum absolute atomic E-state index is 0.0866. The molecule has 0 aliphatic heterocycles. The number of carbonyl (C=O) groups is 4. The molecule has 0 atom stereocenters. The van der Waals surface area contributed by atoms with E-state index in [-0.39, 0.29) is 79.1 Å². The van der Waals surface area contributed by atoms with E-state index in [1.165, 1.54) is 52.7 Å². The van der Waals surface area contributed by atoms with Crippen molar-refractivity contribution in [2.24, 2.45) is 0 Å². The topological polar surface area (TPSA) is 164 Å². The molecule has 2 aliphatic rings. The van der Waals surface area contributed by atoms with Crippen molar-refractivity contribution < 1.29 is 57.8 Å². The number of ketones is 4. The molecular formula is C46H36O12. The van der Waals surface area contributed by atoms with Gasteiger partial charge in [0.05, 0.1) is 28.4 Å². The number of methoxy groups -OCH3 is 4. The SMILES string of the molecule is COc1cc2c(cc1O)C(=O)c1cc(OC)c(O)cc1C2=O.COc1cc2c(cc1OCc1ccccc1)C(=O)c1cc(OC)c(OCc3ccccc3)cc1C2=O. The maximum absolute atomic E-state index is 13.5. The fourth-order valence-corrected chi connectivity index (χ4v) is 6.68. The number of carbonyl (C=O) groups excluding carboxylic acids is 4. The van der Waals surface area contributed by atoms with Crippen molar-refractivity contribution >= 4 is 23.1 Å². The third kappa shape index (κ3) is 7.26. The predicted molar refractivity (Wildman–Crippen MR) is 211 cm³/mol. The molecule has 2 N–H and O–H groups in total. The van der Waals surface area contributed by atoms with Gasteiger partial charge in [-0.3, -0.25) is 19.2 Å². The van der Waals surface area contributed by atoms with E-state index in [9.17, 15) is 29.4 Å². The second-order valence-electron chi connectivity index (χ2n) is 13.1. The summed E-state index contributed by atoms with van der Waals surface area (Å²) in [5, 5.41) is 19.6. The van der Waals surface area contributed by atoms with Crippen LogP contribution in [0.3, 0.4) is 0 Å². The standard InChI is InChI=1S/C30H24O6.C16H12O6/c1-33-25-13-21-23(15-27(25)35-17-19-9-5-3-6-10-19)30(32)22-14-26(34-2)28(16-24(22)29(21)31)36-18-20-11-7-4-8-12-20;1-21-13-5-9-7(3-11(13)17)16(20)10-6-14(22-2)12(18)4-8(10)15(9)19/h3-16H,17-18H2,1-2H3;3-6,17-18H,1-2H3. The normalized spacial score (nSPS) is 12.2. The lowest BCUT2D eigenvalue weighted by Crippen LogP contribution is -2.21. The predicted octanol–water partition coefficient (Wildman–Crippen LogP) is 7.53. The summed E-state index contributed by atoms with van der Waals surface area (Å²) in [4.78, 5) is 52.1. The third-order valence-electron chi connectivity index (χ3n) is 9.68. The van der Waals surface area contributed by atoms with Crippen LogP contribution in [0.5, 0.6) is 46.0 Å². The first-order valence-corrected chi connectivity index (χ1v) is 17.8. The Morgan fingerprint density at radius 1 is 0.362 bits per heavy atom. The number of rotatable bonds is 10. The Hall–Kier alpha value is -7.60. The largest absolute Gasteiger partial charge is 0.504 e. The molecule has 292 valence electrons. The maximum Gasteiger partial charge on any atom is 0.194 e. The first-order valence-electron chi connectivity index (χ1n) is 17.8. The van der Waals surface area contributed by atoms with Gasteiger partial charge in [0.2, 0.25) is 0 Å². The molecule has 58 heavy (non-hydrogen) atoms. The van der Waals surface area contributed by atoms with E-state index in [2.05, 4.69) is 0 Å². The maximum atomic E-state index is 13.5. The summed E-state index contributed by atoms with van der Waals surface area (Å²) in [7, 11) is 5.70. The fourth-order valence-electron chi connectivity index (χ4n) is 6.68. The van der Waals surface area contributed by atoms with Gasteiger partial charge in [-0.15, -0.1) is 0 Å². The van der Waals surface area contributed by atoms with Gasteiger partial charge in [0, 0.05) is 44.5 Å². The van der Waals surface area contributed by atoms with Crippen molar-refractivity contribution in [2.75, 3.05) is 28.4 Å². The highest BCUT2D eigenvalue weighted by molar-refractivity contribution is 6.30. The van der Waals surface area contributed by atoms with Crippen LogP contribution in [0.25, 0.3) is 0 Å². The molecule has 2 aliphatic carbocycles.